The van der Waals surface area contributed by atoms with E-state index in [1.165, 1.54) is 34.9 Å². The summed E-state index contributed by atoms with van der Waals surface area (Å²) in [4.78, 5) is 12.4. The van der Waals surface area contributed by atoms with E-state index in [1.807, 2.05) is 0 Å². The smallest absolute Gasteiger partial charge is 0.272 e. The summed E-state index contributed by atoms with van der Waals surface area (Å²) >= 11 is 0. The molecule has 5 rings (SSSR count). The van der Waals surface area contributed by atoms with Crippen LogP contribution in [0.3, 0.4) is 0 Å². The molecule has 0 radical (unpaired) electrons. The van der Waals surface area contributed by atoms with Crippen LogP contribution in [0.2, 0.25) is 0 Å². The third kappa shape index (κ3) is 3.18. The van der Waals surface area contributed by atoms with Crippen LogP contribution in [0, 0.1) is 5.82 Å². The van der Waals surface area contributed by atoms with Crippen molar-refractivity contribution in [1.29, 1.82) is 0 Å². The molecule has 5 nitrogen and oxygen atoms in total. The Bertz CT molecular complexity index is 1260. The summed E-state index contributed by atoms with van der Waals surface area (Å²) in [5.41, 5.74) is 7.72. The average molecular weight is 384 g/mol. The predicted octanol–water partition coefficient (Wildman–Crippen LogP) is 4.23. The second-order valence-corrected chi connectivity index (χ2v) is 7.03. The van der Waals surface area contributed by atoms with Gasteiger partial charge in [-0.05, 0) is 58.5 Å². The van der Waals surface area contributed by atoms with Gasteiger partial charge in [0.2, 0.25) is 0 Å². The number of halogens is 1. The van der Waals surface area contributed by atoms with Gasteiger partial charge in [0.25, 0.3) is 5.91 Å². The lowest BCUT2D eigenvalue weighted by molar-refractivity contribution is 0.0950. The zero-order valence-corrected chi connectivity index (χ0v) is 15.4. The SMILES string of the molecule is O=C(N/N=C\c1cccc(F)c1)c1cc(-c2ccc3c4c(cccc24)CC3)n[nH]1. The quantitative estimate of drug-likeness (QED) is 0.408. The van der Waals surface area contributed by atoms with E-state index in [0.29, 0.717) is 17.0 Å². The highest BCUT2D eigenvalue weighted by molar-refractivity contribution is 6.02. The van der Waals surface area contributed by atoms with Gasteiger partial charge in [-0.2, -0.15) is 10.2 Å². The van der Waals surface area contributed by atoms with Crippen molar-refractivity contribution in [1.82, 2.24) is 15.6 Å². The summed E-state index contributed by atoms with van der Waals surface area (Å²) in [6.07, 6.45) is 3.52. The minimum absolute atomic E-state index is 0.305. The zero-order valence-electron chi connectivity index (χ0n) is 15.4. The van der Waals surface area contributed by atoms with Crippen molar-refractivity contribution < 1.29 is 9.18 Å². The summed E-state index contributed by atoms with van der Waals surface area (Å²) in [6.45, 7) is 0. The molecule has 0 spiro atoms. The maximum Gasteiger partial charge on any atom is 0.289 e. The molecule has 2 N–H and O–H groups in total. The Morgan fingerprint density at radius 3 is 2.76 bits per heavy atom. The van der Waals surface area contributed by atoms with E-state index < -0.39 is 5.91 Å². The fourth-order valence-electron chi connectivity index (χ4n) is 3.86. The molecule has 142 valence electrons. The van der Waals surface area contributed by atoms with Gasteiger partial charge in [-0.25, -0.2) is 9.82 Å². The fraction of sp³-hybridized carbons (Fsp3) is 0.0870. The van der Waals surface area contributed by atoms with Crippen molar-refractivity contribution in [3.8, 4) is 11.3 Å². The minimum Gasteiger partial charge on any atom is -0.272 e. The van der Waals surface area contributed by atoms with E-state index in [2.05, 4.69) is 51.1 Å². The van der Waals surface area contributed by atoms with E-state index in [-0.39, 0.29) is 5.82 Å². The van der Waals surface area contributed by atoms with Crippen LogP contribution in [0.5, 0.6) is 0 Å². The molecule has 0 fully saturated rings. The molecule has 1 heterocycles. The lowest BCUT2D eigenvalue weighted by Crippen LogP contribution is -2.18. The van der Waals surface area contributed by atoms with Crippen molar-refractivity contribution in [3.05, 3.63) is 88.9 Å². The number of nitrogens with one attached hydrogen (secondary N) is 2. The van der Waals surface area contributed by atoms with Crippen LogP contribution in [0.15, 0.2) is 65.8 Å². The number of aromatic amines is 1. The Kier molecular flexibility index (Phi) is 4.17. The largest absolute Gasteiger partial charge is 0.289 e. The Hall–Kier alpha value is -3.80. The standard InChI is InChI=1S/C23H17FN4O/c24-17-5-1-3-14(11-17)13-25-28-23(29)21-12-20(26-27-21)18-10-9-16-8-7-15-4-2-6-19(18)22(15)16/h1-6,9-13H,7-8H2,(H,26,27)(H,28,29)/b25-13-. The zero-order chi connectivity index (χ0) is 19.8. The Morgan fingerprint density at radius 1 is 1.07 bits per heavy atom. The number of benzene rings is 3. The van der Waals surface area contributed by atoms with Crippen LogP contribution in [0.25, 0.3) is 22.0 Å². The van der Waals surface area contributed by atoms with Gasteiger partial charge in [0, 0.05) is 5.56 Å². The molecule has 0 unspecified atom stereocenters. The molecule has 0 bridgehead atoms. The molecule has 29 heavy (non-hydrogen) atoms. The molecule has 6 heteroatoms. The number of carbonyl (C=O) groups is 1. The molecule has 0 atom stereocenters. The third-order valence-electron chi connectivity index (χ3n) is 5.20. The number of H-pyrrole nitrogens is 1. The molecule has 1 aromatic heterocycles. The summed E-state index contributed by atoms with van der Waals surface area (Å²) in [5.74, 6) is -0.772. The Balaban J connectivity index is 1.39. The molecule has 0 saturated heterocycles. The normalized spacial score (nSPS) is 12.7. The monoisotopic (exact) mass is 384 g/mol. The number of hydrogen-bond donors (Lipinski definition) is 2. The van der Waals surface area contributed by atoms with Gasteiger partial charge >= 0.3 is 0 Å². The lowest BCUT2D eigenvalue weighted by Gasteiger charge is -2.06. The average Bonchev–Trinajstić information content (AvgIpc) is 3.37. The summed E-state index contributed by atoms with van der Waals surface area (Å²) in [5, 5.41) is 13.4. The van der Waals surface area contributed by atoms with Gasteiger partial charge < -0.3 is 0 Å². The maximum atomic E-state index is 13.2. The molecule has 0 aliphatic heterocycles. The molecule has 0 saturated carbocycles. The van der Waals surface area contributed by atoms with E-state index in [4.69, 9.17) is 0 Å². The van der Waals surface area contributed by atoms with E-state index in [0.717, 1.165) is 23.8 Å². The van der Waals surface area contributed by atoms with E-state index in [9.17, 15) is 9.18 Å². The number of aryl methyl sites for hydroxylation is 2. The second-order valence-electron chi connectivity index (χ2n) is 7.03. The second kappa shape index (κ2) is 6.98. The lowest BCUT2D eigenvalue weighted by atomic mass is 9.98. The first-order valence-corrected chi connectivity index (χ1v) is 9.37. The Labute approximate surface area is 166 Å². The summed E-state index contributed by atoms with van der Waals surface area (Å²) in [7, 11) is 0. The van der Waals surface area contributed by atoms with Gasteiger partial charge in [0.1, 0.15) is 11.5 Å². The van der Waals surface area contributed by atoms with Crippen LogP contribution in [0.4, 0.5) is 4.39 Å². The van der Waals surface area contributed by atoms with Crippen molar-refractivity contribution in [2.75, 3.05) is 0 Å². The number of hydrazone groups is 1. The van der Waals surface area contributed by atoms with Crippen molar-refractivity contribution in [2.45, 2.75) is 12.8 Å². The molecule has 3 aromatic carbocycles. The van der Waals surface area contributed by atoms with Crippen molar-refractivity contribution in [3.63, 3.8) is 0 Å². The van der Waals surface area contributed by atoms with Gasteiger partial charge in [-0.15, -0.1) is 0 Å². The van der Waals surface area contributed by atoms with Crippen LogP contribution >= 0.6 is 0 Å². The molecular weight excluding hydrogens is 367 g/mol. The van der Waals surface area contributed by atoms with Gasteiger partial charge in [0.15, 0.2) is 0 Å². The number of hydrogen-bond acceptors (Lipinski definition) is 3. The number of amides is 1. The van der Waals surface area contributed by atoms with Crippen LogP contribution < -0.4 is 5.43 Å². The highest BCUT2D eigenvalue weighted by Gasteiger charge is 2.18. The molecule has 1 amide bonds. The first kappa shape index (κ1) is 17.3. The van der Waals surface area contributed by atoms with Gasteiger partial charge in [-0.3, -0.25) is 9.89 Å². The van der Waals surface area contributed by atoms with Crippen LogP contribution in [-0.2, 0) is 12.8 Å². The maximum absolute atomic E-state index is 13.2. The number of nitrogens with zero attached hydrogens (tertiary/aromatic N) is 2. The van der Waals surface area contributed by atoms with Gasteiger partial charge in [-0.1, -0.05) is 42.5 Å². The summed E-state index contributed by atoms with van der Waals surface area (Å²) < 4.78 is 13.2. The predicted molar refractivity (Wildman–Crippen MR) is 110 cm³/mol. The Morgan fingerprint density at radius 2 is 1.90 bits per heavy atom. The molecule has 1 aliphatic rings. The summed E-state index contributed by atoms with van der Waals surface area (Å²) in [6, 6.07) is 18.2. The highest BCUT2D eigenvalue weighted by Crippen LogP contribution is 2.36. The first-order valence-electron chi connectivity index (χ1n) is 9.37. The minimum atomic E-state index is -0.415. The number of rotatable bonds is 4. The molecular formula is C23H17FN4O. The van der Waals surface area contributed by atoms with Gasteiger partial charge in [0.05, 0.1) is 11.9 Å². The number of carbonyl (C=O) groups excluding carboxylic acids is 1. The highest BCUT2D eigenvalue weighted by atomic mass is 19.1. The fourth-order valence-corrected chi connectivity index (χ4v) is 3.86. The first-order chi connectivity index (χ1) is 14.2. The van der Waals surface area contributed by atoms with Crippen molar-refractivity contribution >= 4 is 22.9 Å². The van der Waals surface area contributed by atoms with Crippen molar-refractivity contribution in [2.24, 2.45) is 5.10 Å². The molecule has 1 aliphatic carbocycles. The van der Waals surface area contributed by atoms with E-state index >= 15 is 0 Å². The van der Waals surface area contributed by atoms with Crippen LogP contribution in [0.1, 0.15) is 27.2 Å². The molecule has 4 aromatic rings. The van der Waals surface area contributed by atoms with E-state index in [1.54, 1.807) is 18.2 Å². The number of aromatic nitrogens is 2. The van der Waals surface area contributed by atoms with Crippen LogP contribution in [-0.4, -0.2) is 22.3 Å². The third-order valence-corrected chi connectivity index (χ3v) is 5.20. The topological polar surface area (TPSA) is 70.1 Å².